The summed E-state index contributed by atoms with van der Waals surface area (Å²) < 4.78 is 0. The minimum Gasteiger partial charge on any atom is -0.341 e. The molecular weight excluding hydrogens is 352 g/mol. The van der Waals surface area contributed by atoms with E-state index in [4.69, 9.17) is 0 Å². The highest BCUT2D eigenvalue weighted by atomic mass is 16.2. The first-order valence-corrected chi connectivity index (χ1v) is 9.71. The second-order valence-electron chi connectivity index (χ2n) is 6.05. The maximum Gasteiger partial charge on any atom is 0.326 e. The van der Waals surface area contributed by atoms with Crippen LogP contribution in [-0.4, -0.2) is 41.8 Å². The van der Waals surface area contributed by atoms with Gasteiger partial charge in [-0.15, -0.1) is 0 Å². The van der Waals surface area contributed by atoms with Crippen molar-refractivity contribution in [3.05, 3.63) is 43.5 Å². The third kappa shape index (κ3) is 5.52. The molecule has 2 aromatic rings. The zero-order valence-electron chi connectivity index (χ0n) is 16.9. The van der Waals surface area contributed by atoms with Gasteiger partial charge in [-0.2, -0.15) is 4.98 Å². The number of benzene rings is 1. The SMILES string of the molecule is [CH2]CCC=Nc1nc(N(CC)CC)ncc1N(CC)C(=O)Nc1ccccc1. The lowest BCUT2D eigenvalue weighted by atomic mass is 10.3. The number of hydrogen-bond donors (Lipinski definition) is 1. The van der Waals surface area contributed by atoms with Gasteiger partial charge < -0.3 is 10.2 Å². The molecule has 149 valence electrons. The normalized spacial score (nSPS) is 10.9. The van der Waals surface area contributed by atoms with Crippen LogP contribution in [0.4, 0.5) is 27.9 Å². The van der Waals surface area contributed by atoms with Crippen molar-refractivity contribution in [1.82, 2.24) is 9.97 Å². The first-order chi connectivity index (χ1) is 13.6. The molecule has 2 rings (SSSR count). The smallest absolute Gasteiger partial charge is 0.326 e. The second kappa shape index (κ2) is 11.0. The fourth-order valence-electron chi connectivity index (χ4n) is 2.68. The third-order valence-corrected chi connectivity index (χ3v) is 4.21. The van der Waals surface area contributed by atoms with Gasteiger partial charge in [0.05, 0.1) is 6.20 Å². The van der Waals surface area contributed by atoms with Gasteiger partial charge in [0.1, 0.15) is 5.69 Å². The Hall–Kier alpha value is -2.96. The number of nitrogens with one attached hydrogen (secondary N) is 1. The number of amides is 2. The number of urea groups is 1. The van der Waals surface area contributed by atoms with E-state index < -0.39 is 0 Å². The molecule has 2 amide bonds. The number of carbonyl (C=O) groups excluding carboxylic acids is 1. The third-order valence-electron chi connectivity index (χ3n) is 4.21. The van der Waals surface area contributed by atoms with Crippen molar-refractivity contribution in [2.45, 2.75) is 33.6 Å². The fourth-order valence-corrected chi connectivity index (χ4v) is 2.68. The van der Waals surface area contributed by atoms with Crippen molar-refractivity contribution in [2.24, 2.45) is 4.99 Å². The topological polar surface area (TPSA) is 73.7 Å². The van der Waals surface area contributed by atoms with Gasteiger partial charge in [-0.25, -0.2) is 14.8 Å². The van der Waals surface area contributed by atoms with Gasteiger partial charge in [-0.05, 0) is 45.7 Å². The maximum atomic E-state index is 12.8. The molecule has 0 aliphatic carbocycles. The molecule has 7 heteroatoms. The Kier molecular flexibility index (Phi) is 8.39. The molecule has 1 aromatic carbocycles. The number of unbranched alkanes of at least 4 members (excludes halogenated alkanes) is 1. The van der Waals surface area contributed by atoms with Crippen molar-refractivity contribution in [1.29, 1.82) is 0 Å². The van der Waals surface area contributed by atoms with Crippen molar-refractivity contribution >= 4 is 35.4 Å². The number of aromatic nitrogens is 2. The lowest BCUT2D eigenvalue weighted by Gasteiger charge is -2.24. The van der Waals surface area contributed by atoms with Crippen LogP contribution in [0.2, 0.25) is 0 Å². The van der Waals surface area contributed by atoms with Gasteiger partial charge in [-0.1, -0.05) is 25.1 Å². The van der Waals surface area contributed by atoms with Crippen molar-refractivity contribution < 1.29 is 4.79 Å². The summed E-state index contributed by atoms with van der Waals surface area (Å²) in [6.07, 6.45) is 4.95. The summed E-state index contributed by atoms with van der Waals surface area (Å²) in [6, 6.07) is 9.10. The van der Waals surface area contributed by atoms with E-state index in [0.29, 0.717) is 24.0 Å². The van der Waals surface area contributed by atoms with Crippen molar-refractivity contribution in [3.63, 3.8) is 0 Å². The minimum atomic E-state index is -0.249. The Morgan fingerprint density at radius 3 is 2.50 bits per heavy atom. The van der Waals surface area contributed by atoms with E-state index in [-0.39, 0.29) is 6.03 Å². The van der Waals surface area contributed by atoms with Crippen LogP contribution in [0.3, 0.4) is 0 Å². The number of carbonyl (C=O) groups is 1. The quantitative estimate of drug-likeness (QED) is 0.639. The summed E-state index contributed by atoms with van der Waals surface area (Å²) in [7, 11) is 0. The highest BCUT2D eigenvalue weighted by molar-refractivity contribution is 6.03. The zero-order valence-corrected chi connectivity index (χ0v) is 16.9. The fraction of sp³-hybridized carbons (Fsp3) is 0.381. The van der Waals surface area contributed by atoms with E-state index in [9.17, 15) is 4.79 Å². The lowest BCUT2D eigenvalue weighted by Crippen LogP contribution is -2.35. The molecule has 1 heterocycles. The van der Waals surface area contributed by atoms with Crippen LogP contribution in [0.15, 0.2) is 41.5 Å². The van der Waals surface area contributed by atoms with Gasteiger partial charge in [0, 0.05) is 31.5 Å². The van der Waals surface area contributed by atoms with E-state index in [1.165, 1.54) is 0 Å². The number of anilines is 3. The number of hydrogen-bond acceptors (Lipinski definition) is 5. The highest BCUT2D eigenvalue weighted by Gasteiger charge is 2.20. The van der Waals surface area contributed by atoms with Gasteiger partial charge in [-0.3, -0.25) is 4.90 Å². The number of para-hydroxylation sites is 1. The van der Waals surface area contributed by atoms with E-state index >= 15 is 0 Å². The Balaban J connectivity index is 2.37. The Morgan fingerprint density at radius 1 is 1.18 bits per heavy atom. The lowest BCUT2D eigenvalue weighted by molar-refractivity contribution is 0.257. The molecule has 0 aliphatic rings. The number of aliphatic imine (C=N–C) groups is 1. The molecule has 0 unspecified atom stereocenters. The van der Waals surface area contributed by atoms with Crippen molar-refractivity contribution in [2.75, 3.05) is 34.8 Å². The molecule has 1 N–H and O–H groups in total. The van der Waals surface area contributed by atoms with E-state index in [1.54, 1.807) is 17.3 Å². The molecule has 0 saturated heterocycles. The predicted molar refractivity (Wildman–Crippen MR) is 117 cm³/mol. The molecule has 28 heavy (non-hydrogen) atoms. The Labute approximate surface area is 167 Å². The average Bonchev–Trinajstić information content (AvgIpc) is 2.71. The standard InChI is InChI=1S/C21H29N6O/c1-5-9-15-22-19-18(16-23-20(25-19)26(6-2)7-3)27(8-4)21(28)24-17-13-11-10-12-14-17/h10-16H,1,5-9H2,2-4H3,(H,24,28). The van der Waals surface area contributed by atoms with Gasteiger partial charge >= 0.3 is 6.03 Å². The zero-order chi connectivity index (χ0) is 20.4. The largest absolute Gasteiger partial charge is 0.341 e. The summed E-state index contributed by atoms with van der Waals surface area (Å²) in [4.78, 5) is 30.1. The minimum absolute atomic E-state index is 0.249. The molecule has 0 aliphatic heterocycles. The first-order valence-electron chi connectivity index (χ1n) is 9.71. The van der Waals surface area contributed by atoms with E-state index in [0.717, 1.165) is 31.6 Å². The van der Waals surface area contributed by atoms with Crippen LogP contribution < -0.4 is 15.1 Å². The van der Waals surface area contributed by atoms with Crippen LogP contribution in [0.25, 0.3) is 0 Å². The summed E-state index contributed by atoms with van der Waals surface area (Å²) in [6.45, 7) is 11.9. The number of nitrogens with zero attached hydrogens (tertiary/aromatic N) is 5. The molecule has 1 radical (unpaired) electrons. The summed E-state index contributed by atoms with van der Waals surface area (Å²) in [5.74, 6) is 1.09. The Morgan fingerprint density at radius 2 is 1.89 bits per heavy atom. The van der Waals surface area contributed by atoms with Crippen LogP contribution in [0.5, 0.6) is 0 Å². The molecule has 0 spiro atoms. The van der Waals surface area contributed by atoms with Gasteiger partial charge in [0.2, 0.25) is 5.95 Å². The number of rotatable bonds is 9. The molecule has 0 fully saturated rings. The second-order valence-corrected chi connectivity index (χ2v) is 6.05. The monoisotopic (exact) mass is 381 g/mol. The maximum absolute atomic E-state index is 12.8. The van der Waals surface area contributed by atoms with Crippen LogP contribution in [-0.2, 0) is 0 Å². The van der Waals surface area contributed by atoms with Gasteiger partial charge in [0.15, 0.2) is 5.82 Å². The van der Waals surface area contributed by atoms with Gasteiger partial charge in [0.25, 0.3) is 0 Å². The first kappa shape index (κ1) is 21.3. The molecule has 7 nitrogen and oxygen atoms in total. The van der Waals surface area contributed by atoms with E-state index in [2.05, 4.69) is 41.0 Å². The molecule has 0 saturated carbocycles. The Bertz CT molecular complexity index is 774. The molecule has 0 bridgehead atoms. The van der Waals surface area contributed by atoms with Crippen molar-refractivity contribution in [3.8, 4) is 0 Å². The summed E-state index contributed by atoms with van der Waals surface area (Å²) in [5, 5.41) is 2.90. The highest BCUT2D eigenvalue weighted by Crippen LogP contribution is 2.28. The van der Waals surface area contributed by atoms with E-state index in [1.807, 2.05) is 42.2 Å². The summed E-state index contributed by atoms with van der Waals surface area (Å²) >= 11 is 0. The molecule has 0 atom stereocenters. The van der Waals surface area contributed by atoms with Crippen LogP contribution in [0, 0.1) is 6.92 Å². The predicted octanol–water partition coefficient (Wildman–Crippen LogP) is 4.70. The molecular formula is C21H29N6O. The van der Waals surface area contributed by atoms with Crippen LogP contribution in [0.1, 0.15) is 33.6 Å². The average molecular weight is 382 g/mol. The molecule has 1 aromatic heterocycles. The summed E-state index contributed by atoms with van der Waals surface area (Å²) in [5.41, 5.74) is 1.31. The van der Waals surface area contributed by atoms with Crippen LogP contribution >= 0.6 is 0 Å².